The van der Waals surface area contributed by atoms with Gasteiger partial charge in [-0.25, -0.2) is 4.39 Å². The van der Waals surface area contributed by atoms with E-state index in [1.807, 2.05) is 4.90 Å². The number of rotatable bonds is 6. The standard InChI is InChI=1S/C15H21FN2O2.ClH/c16-13-4-1-2-5-14(13)20-9-3-6-15(19)18-8-7-12(10-17)11-18;/h1-2,4-5,12H,3,6-11,17H2;1H. The molecule has 0 bridgehead atoms. The molecule has 2 N–H and O–H groups in total. The van der Waals surface area contributed by atoms with Crippen LogP contribution in [0.5, 0.6) is 5.75 Å². The molecule has 1 aromatic rings. The molecule has 6 heteroatoms. The Morgan fingerprint density at radius 3 is 2.86 bits per heavy atom. The predicted molar refractivity (Wildman–Crippen MR) is 82.1 cm³/mol. The van der Waals surface area contributed by atoms with Gasteiger partial charge in [0.1, 0.15) is 0 Å². The smallest absolute Gasteiger partial charge is 0.222 e. The van der Waals surface area contributed by atoms with Gasteiger partial charge < -0.3 is 15.4 Å². The molecule has 2 rings (SSSR count). The van der Waals surface area contributed by atoms with E-state index in [0.717, 1.165) is 19.5 Å². The molecule has 1 heterocycles. The number of halogens is 2. The molecule has 1 amide bonds. The van der Waals surface area contributed by atoms with Crippen molar-refractivity contribution in [1.29, 1.82) is 0 Å². The third-order valence-electron chi connectivity index (χ3n) is 3.60. The van der Waals surface area contributed by atoms with Crippen molar-refractivity contribution in [1.82, 2.24) is 4.90 Å². The lowest BCUT2D eigenvalue weighted by molar-refractivity contribution is -0.130. The highest BCUT2D eigenvalue weighted by molar-refractivity contribution is 5.85. The first kappa shape index (κ1) is 17.7. The van der Waals surface area contributed by atoms with Crippen molar-refractivity contribution in [3.05, 3.63) is 30.1 Å². The minimum absolute atomic E-state index is 0. The highest BCUT2D eigenvalue weighted by Crippen LogP contribution is 2.17. The zero-order chi connectivity index (χ0) is 14.4. The normalized spacial score (nSPS) is 17.4. The highest BCUT2D eigenvalue weighted by Gasteiger charge is 2.24. The number of nitrogens with zero attached hydrogens (tertiary/aromatic N) is 1. The summed E-state index contributed by atoms with van der Waals surface area (Å²) in [6.45, 7) is 2.55. The molecule has 0 aliphatic carbocycles. The van der Waals surface area contributed by atoms with Gasteiger partial charge in [-0.3, -0.25) is 4.79 Å². The number of benzene rings is 1. The Morgan fingerprint density at radius 1 is 1.43 bits per heavy atom. The van der Waals surface area contributed by atoms with Crippen molar-refractivity contribution < 1.29 is 13.9 Å². The number of nitrogens with two attached hydrogens (primary N) is 1. The SMILES string of the molecule is Cl.NCC1CCN(C(=O)CCCOc2ccccc2F)C1. The molecule has 0 saturated carbocycles. The lowest BCUT2D eigenvalue weighted by Gasteiger charge is -2.16. The van der Waals surface area contributed by atoms with Gasteiger partial charge in [0, 0.05) is 19.5 Å². The second-order valence-corrected chi connectivity index (χ2v) is 5.11. The van der Waals surface area contributed by atoms with Crippen molar-refractivity contribution in [2.75, 3.05) is 26.2 Å². The molecule has 1 aromatic carbocycles. The number of likely N-dealkylation sites (tertiary alicyclic amines) is 1. The molecule has 1 aliphatic heterocycles. The summed E-state index contributed by atoms with van der Waals surface area (Å²) in [4.78, 5) is 13.8. The van der Waals surface area contributed by atoms with Gasteiger partial charge in [-0.1, -0.05) is 12.1 Å². The number of amides is 1. The fraction of sp³-hybridized carbons (Fsp3) is 0.533. The second kappa shape index (κ2) is 8.85. The molecule has 0 spiro atoms. The third-order valence-corrected chi connectivity index (χ3v) is 3.60. The maximum atomic E-state index is 13.3. The molecule has 21 heavy (non-hydrogen) atoms. The molecule has 0 radical (unpaired) electrons. The van der Waals surface area contributed by atoms with Gasteiger partial charge >= 0.3 is 0 Å². The molecule has 1 fully saturated rings. The zero-order valence-electron chi connectivity index (χ0n) is 12.0. The van der Waals surface area contributed by atoms with E-state index in [9.17, 15) is 9.18 Å². The summed E-state index contributed by atoms with van der Waals surface area (Å²) in [7, 11) is 0. The lowest BCUT2D eigenvalue weighted by atomic mass is 10.1. The quantitative estimate of drug-likeness (QED) is 0.819. The summed E-state index contributed by atoms with van der Waals surface area (Å²) >= 11 is 0. The van der Waals surface area contributed by atoms with Gasteiger partial charge in [-0.15, -0.1) is 12.4 Å². The van der Waals surface area contributed by atoms with Crippen LogP contribution in [-0.2, 0) is 4.79 Å². The number of hydrogen-bond acceptors (Lipinski definition) is 3. The third kappa shape index (κ3) is 5.17. The molecule has 1 unspecified atom stereocenters. The van der Waals surface area contributed by atoms with Gasteiger partial charge in [0.2, 0.25) is 5.91 Å². The van der Waals surface area contributed by atoms with Crippen molar-refractivity contribution in [3.8, 4) is 5.75 Å². The minimum atomic E-state index is -0.371. The van der Waals surface area contributed by atoms with Crippen LogP contribution >= 0.6 is 12.4 Å². The summed E-state index contributed by atoms with van der Waals surface area (Å²) in [5.41, 5.74) is 5.60. The Labute approximate surface area is 130 Å². The molecule has 118 valence electrons. The van der Waals surface area contributed by atoms with Crippen LogP contribution in [0.3, 0.4) is 0 Å². The minimum Gasteiger partial charge on any atom is -0.491 e. The van der Waals surface area contributed by atoms with Gasteiger partial charge in [0.05, 0.1) is 6.61 Å². The maximum Gasteiger partial charge on any atom is 0.222 e. The Kier molecular flexibility index (Phi) is 7.47. The first-order valence-electron chi connectivity index (χ1n) is 7.06. The van der Waals surface area contributed by atoms with E-state index in [0.29, 0.717) is 31.9 Å². The number of carbonyl (C=O) groups is 1. The largest absolute Gasteiger partial charge is 0.491 e. The van der Waals surface area contributed by atoms with Gasteiger partial charge in [-0.2, -0.15) is 0 Å². The van der Waals surface area contributed by atoms with E-state index in [-0.39, 0.29) is 29.9 Å². The van der Waals surface area contributed by atoms with Crippen LogP contribution in [0.1, 0.15) is 19.3 Å². The number of ether oxygens (including phenoxy) is 1. The fourth-order valence-corrected chi connectivity index (χ4v) is 2.38. The monoisotopic (exact) mass is 316 g/mol. The van der Waals surface area contributed by atoms with Gasteiger partial charge in [0.25, 0.3) is 0 Å². The van der Waals surface area contributed by atoms with Crippen molar-refractivity contribution in [2.24, 2.45) is 11.7 Å². The number of para-hydroxylation sites is 1. The molecule has 1 atom stereocenters. The number of carbonyl (C=O) groups excluding carboxylic acids is 1. The van der Waals surface area contributed by atoms with E-state index in [4.69, 9.17) is 10.5 Å². The van der Waals surface area contributed by atoms with Crippen LogP contribution in [-0.4, -0.2) is 37.0 Å². The average molecular weight is 317 g/mol. The van der Waals surface area contributed by atoms with Gasteiger partial charge in [-0.05, 0) is 37.4 Å². The summed E-state index contributed by atoms with van der Waals surface area (Å²) in [5.74, 6) is 0.445. The first-order chi connectivity index (χ1) is 9.70. The Hall–Kier alpha value is -1.33. The van der Waals surface area contributed by atoms with Crippen molar-refractivity contribution in [2.45, 2.75) is 19.3 Å². The van der Waals surface area contributed by atoms with Crippen LogP contribution in [0, 0.1) is 11.7 Å². The molecule has 1 saturated heterocycles. The van der Waals surface area contributed by atoms with E-state index in [1.165, 1.54) is 6.07 Å². The van der Waals surface area contributed by atoms with Crippen LogP contribution in [0.2, 0.25) is 0 Å². The molecule has 4 nitrogen and oxygen atoms in total. The van der Waals surface area contributed by atoms with E-state index in [1.54, 1.807) is 18.2 Å². The van der Waals surface area contributed by atoms with Crippen LogP contribution < -0.4 is 10.5 Å². The Bertz CT molecular complexity index is 459. The first-order valence-corrected chi connectivity index (χ1v) is 7.06. The van der Waals surface area contributed by atoms with Crippen LogP contribution in [0.25, 0.3) is 0 Å². The van der Waals surface area contributed by atoms with E-state index < -0.39 is 0 Å². The number of hydrogen-bond donors (Lipinski definition) is 1. The Morgan fingerprint density at radius 2 is 2.19 bits per heavy atom. The van der Waals surface area contributed by atoms with Crippen molar-refractivity contribution >= 4 is 18.3 Å². The van der Waals surface area contributed by atoms with Crippen molar-refractivity contribution in [3.63, 3.8) is 0 Å². The predicted octanol–water partition coefficient (Wildman–Crippen LogP) is 2.21. The van der Waals surface area contributed by atoms with Gasteiger partial charge in [0.15, 0.2) is 11.6 Å². The fourth-order valence-electron chi connectivity index (χ4n) is 2.38. The molecular weight excluding hydrogens is 295 g/mol. The summed E-state index contributed by atoms with van der Waals surface area (Å²) < 4.78 is 18.6. The molecule has 1 aliphatic rings. The Balaban J connectivity index is 0.00000220. The zero-order valence-corrected chi connectivity index (χ0v) is 12.8. The van der Waals surface area contributed by atoms with Crippen LogP contribution in [0.4, 0.5) is 4.39 Å². The van der Waals surface area contributed by atoms with E-state index in [2.05, 4.69) is 0 Å². The average Bonchev–Trinajstić information content (AvgIpc) is 2.94. The molecular formula is C15H22ClFN2O2. The van der Waals surface area contributed by atoms with E-state index >= 15 is 0 Å². The summed E-state index contributed by atoms with van der Waals surface area (Å²) in [5, 5.41) is 0. The topological polar surface area (TPSA) is 55.6 Å². The molecule has 0 aromatic heterocycles. The highest BCUT2D eigenvalue weighted by atomic mass is 35.5. The second-order valence-electron chi connectivity index (χ2n) is 5.11. The van der Waals surface area contributed by atoms with Crippen LogP contribution in [0.15, 0.2) is 24.3 Å². The maximum absolute atomic E-state index is 13.3. The summed E-state index contributed by atoms with van der Waals surface area (Å²) in [6.07, 6.45) is 2.02. The lowest BCUT2D eigenvalue weighted by Crippen LogP contribution is -2.29. The summed E-state index contributed by atoms with van der Waals surface area (Å²) in [6, 6.07) is 6.29.